The van der Waals surface area contributed by atoms with Gasteiger partial charge in [0.05, 0.1) is 16.8 Å². The predicted octanol–water partition coefficient (Wildman–Crippen LogP) is 4.10. The van der Waals surface area contributed by atoms with Crippen molar-refractivity contribution in [3.63, 3.8) is 0 Å². The number of benzene rings is 1. The fourth-order valence-corrected chi connectivity index (χ4v) is 3.51. The van der Waals surface area contributed by atoms with Crippen LogP contribution in [0.2, 0.25) is 0 Å². The van der Waals surface area contributed by atoms with Crippen LogP contribution in [0.5, 0.6) is 0 Å². The first-order chi connectivity index (χ1) is 8.70. The Labute approximate surface area is 127 Å². The van der Waals surface area contributed by atoms with Crippen molar-refractivity contribution in [2.75, 3.05) is 5.75 Å². The van der Waals surface area contributed by atoms with Crippen molar-refractivity contribution in [1.29, 1.82) is 0 Å². The Balaban J connectivity index is 2.02. The van der Waals surface area contributed by atoms with Gasteiger partial charge in [0.25, 0.3) is 0 Å². The van der Waals surface area contributed by atoms with Gasteiger partial charge in [-0.25, -0.2) is 5.43 Å². The summed E-state index contributed by atoms with van der Waals surface area (Å²) in [6.45, 7) is 0. The summed E-state index contributed by atoms with van der Waals surface area (Å²) in [5.41, 5.74) is 2.77. The van der Waals surface area contributed by atoms with Crippen molar-refractivity contribution in [3.05, 3.63) is 51.3 Å². The topological polar surface area (TPSA) is 51.2 Å². The molecule has 0 aliphatic rings. The highest BCUT2D eigenvalue weighted by Crippen LogP contribution is 2.30. The van der Waals surface area contributed by atoms with Gasteiger partial charge >= 0.3 is 0 Å². The predicted molar refractivity (Wildman–Crippen MR) is 81.3 cm³/mol. The lowest BCUT2D eigenvalue weighted by atomic mass is 10.3. The van der Waals surface area contributed by atoms with Gasteiger partial charge in [-0.05, 0) is 40.2 Å². The largest absolute Gasteiger partial charge is 0.466 e. The summed E-state index contributed by atoms with van der Waals surface area (Å²) in [4.78, 5) is 1.19. The van der Waals surface area contributed by atoms with Crippen LogP contribution in [0.1, 0.15) is 11.8 Å². The van der Waals surface area contributed by atoms with E-state index < -0.39 is 0 Å². The molecule has 0 amide bonds. The molecule has 0 aliphatic heterocycles. The number of hydrogen-bond acceptors (Lipinski definition) is 4. The van der Waals surface area contributed by atoms with Crippen LogP contribution in [0.15, 0.2) is 54.9 Å². The van der Waals surface area contributed by atoms with Crippen LogP contribution in [-0.4, -0.2) is 5.75 Å². The van der Waals surface area contributed by atoms with Gasteiger partial charge in [-0.3, -0.25) is 5.84 Å². The molecule has 2 rings (SSSR count). The van der Waals surface area contributed by atoms with Gasteiger partial charge in [-0.1, -0.05) is 22.0 Å². The first-order valence-electron chi connectivity index (χ1n) is 5.28. The summed E-state index contributed by atoms with van der Waals surface area (Å²) in [5.74, 6) is 7.18. The highest BCUT2D eigenvalue weighted by molar-refractivity contribution is 9.10. The molecule has 1 aromatic carbocycles. The molecule has 18 heavy (non-hydrogen) atoms. The molecule has 96 valence electrons. The molecule has 3 N–H and O–H groups in total. The lowest BCUT2D eigenvalue weighted by molar-refractivity contribution is 0.438. The van der Waals surface area contributed by atoms with E-state index in [4.69, 9.17) is 10.3 Å². The van der Waals surface area contributed by atoms with Crippen molar-refractivity contribution < 1.29 is 4.42 Å². The van der Waals surface area contributed by atoms with E-state index in [2.05, 4.69) is 49.4 Å². The highest BCUT2D eigenvalue weighted by Gasteiger charge is 2.16. The van der Waals surface area contributed by atoms with Crippen LogP contribution in [-0.2, 0) is 0 Å². The van der Waals surface area contributed by atoms with Crippen molar-refractivity contribution in [2.45, 2.75) is 10.9 Å². The zero-order valence-corrected chi connectivity index (χ0v) is 13.4. The number of nitrogens with two attached hydrogens (primary N) is 1. The minimum Gasteiger partial charge on any atom is -0.466 e. The molecule has 0 saturated heterocycles. The second-order valence-electron chi connectivity index (χ2n) is 3.62. The average molecular weight is 392 g/mol. The van der Waals surface area contributed by atoms with Crippen LogP contribution >= 0.6 is 43.6 Å². The summed E-state index contributed by atoms with van der Waals surface area (Å²) in [6, 6.07) is 10.0. The van der Waals surface area contributed by atoms with E-state index in [-0.39, 0.29) is 6.04 Å². The molecule has 1 unspecified atom stereocenters. The standard InChI is InChI=1S/C12H12Br2N2OS/c13-8-2-1-3-9(6-8)18-7-11(16-15)12-10(14)4-5-17-12/h1-6,11,16H,7,15H2. The van der Waals surface area contributed by atoms with E-state index in [0.717, 1.165) is 20.5 Å². The highest BCUT2D eigenvalue weighted by atomic mass is 79.9. The second kappa shape index (κ2) is 6.77. The second-order valence-corrected chi connectivity index (χ2v) is 6.48. The Morgan fingerprint density at radius 1 is 1.33 bits per heavy atom. The van der Waals surface area contributed by atoms with Gasteiger partial charge in [-0.2, -0.15) is 0 Å². The van der Waals surface area contributed by atoms with Crippen molar-refractivity contribution >= 4 is 43.6 Å². The summed E-state index contributed by atoms with van der Waals surface area (Å²) in [6.07, 6.45) is 1.65. The molecular weight excluding hydrogens is 380 g/mol. The molecule has 0 radical (unpaired) electrons. The van der Waals surface area contributed by atoms with Gasteiger partial charge in [0.15, 0.2) is 0 Å². The summed E-state index contributed by atoms with van der Waals surface area (Å²) in [7, 11) is 0. The molecule has 0 bridgehead atoms. The quantitative estimate of drug-likeness (QED) is 0.457. The third kappa shape index (κ3) is 3.61. The number of rotatable bonds is 5. The van der Waals surface area contributed by atoms with Crippen molar-refractivity contribution in [1.82, 2.24) is 5.43 Å². The molecule has 0 fully saturated rings. The number of hydrazine groups is 1. The van der Waals surface area contributed by atoms with Crippen LogP contribution in [0, 0.1) is 0 Å². The zero-order valence-electron chi connectivity index (χ0n) is 9.40. The number of halogens is 2. The van der Waals surface area contributed by atoms with Crippen molar-refractivity contribution in [2.24, 2.45) is 5.84 Å². The molecule has 1 heterocycles. The average Bonchev–Trinajstić information content (AvgIpc) is 2.77. The van der Waals surface area contributed by atoms with E-state index in [1.165, 1.54) is 4.90 Å². The SMILES string of the molecule is NNC(CSc1cccc(Br)c1)c1occc1Br. The summed E-state index contributed by atoms with van der Waals surface area (Å²) >= 11 is 8.62. The molecule has 1 atom stereocenters. The Morgan fingerprint density at radius 2 is 2.17 bits per heavy atom. The van der Waals surface area contributed by atoms with E-state index in [1.807, 2.05) is 18.2 Å². The van der Waals surface area contributed by atoms with Crippen molar-refractivity contribution in [3.8, 4) is 0 Å². The van der Waals surface area contributed by atoms with Crippen LogP contribution in [0.4, 0.5) is 0 Å². The Morgan fingerprint density at radius 3 is 2.78 bits per heavy atom. The Kier molecular flexibility index (Phi) is 5.32. The smallest absolute Gasteiger partial charge is 0.137 e. The number of thioether (sulfide) groups is 1. The minimum absolute atomic E-state index is 0.0293. The third-order valence-electron chi connectivity index (χ3n) is 2.38. The Hall–Kier alpha value is -0.270. The normalized spacial score (nSPS) is 12.6. The first-order valence-corrected chi connectivity index (χ1v) is 7.85. The Bertz CT molecular complexity index is 518. The van der Waals surface area contributed by atoms with E-state index in [1.54, 1.807) is 18.0 Å². The monoisotopic (exact) mass is 390 g/mol. The lowest BCUT2D eigenvalue weighted by Gasteiger charge is -2.13. The molecule has 3 nitrogen and oxygen atoms in total. The van der Waals surface area contributed by atoms with Crippen LogP contribution in [0.25, 0.3) is 0 Å². The molecule has 2 aromatic rings. The van der Waals surface area contributed by atoms with E-state index >= 15 is 0 Å². The zero-order chi connectivity index (χ0) is 13.0. The minimum atomic E-state index is -0.0293. The molecule has 0 aliphatic carbocycles. The maximum absolute atomic E-state index is 5.57. The number of hydrogen-bond donors (Lipinski definition) is 2. The first kappa shape index (κ1) is 14.1. The van der Waals surface area contributed by atoms with Gasteiger partial charge in [0.2, 0.25) is 0 Å². The number of nitrogens with one attached hydrogen (secondary N) is 1. The van der Waals surface area contributed by atoms with Gasteiger partial charge < -0.3 is 4.42 Å². The molecule has 0 saturated carbocycles. The van der Waals surface area contributed by atoms with E-state index in [9.17, 15) is 0 Å². The lowest BCUT2D eigenvalue weighted by Crippen LogP contribution is -2.29. The fourth-order valence-electron chi connectivity index (χ4n) is 1.49. The molecule has 0 spiro atoms. The van der Waals surface area contributed by atoms with Gasteiger partial charge in [0, 0.05) is 15.1 Å². The van der Waals surface area contributed by atoms with E-state index in [0.29, 0.717) is 0 Å². The molecule has 1 aromatic heterocycles. The maximum Gasteiger partial charge on any atom is 0.137 e. The summed E-state index contributed by atoms with van der Waals surface area (Å²) < 4.78 is 7.42. The molecular formula is C12H12Br2N2OS. The fraction of sp³-hybridized carbons (Fsp3) is 0.167. The number of furan rings is 1. The van der Waals surface area contributed by atoms with Crippen LogP contribution in [0.3, 0.4) is 0 Å². The summed E-state index contributed by atoms with van der Waals surface area (Å²) in [5, 5.41) is 0. The van der Waals surface area contributed by atoms with Crippen LogP contribution < -0.4 is 11.3 Å². The van der Waals surface area contributed by atoms with Gasteiger partial charge in [-0.15, -0.1) is 11.8 Å². The third-order valence-corrected chi connectivity index (χ3v) is 4.61. The maximum atomic E-state index is 5.57. The molecule has 6 heteroatoms. The van der Waals surface area contributed by atoms with Gasteiger partial charge in [0.1, 0.15) is 5.76 Å².